The van der Waals surface area contributed by atoms with Gasteiger partial charge in [-0.2, -0.15) is 0 Å². The molecular weight excluding hydrogens is 328 g/mol. The standard InChI is InChI=1S/C13H10BrClN4/c1-7-4-10-12(17-6-7)19(13(16)18-10)11-3-2-8(15)5-9(11)14/h2-6H,1H3,(H2,16,18). The molecule has 0 atom stereocenters. The van der Waals surface area contributed by atoms with Crippen LogP contribution in [0.1, 0.15) is 5.56 Å². The number of benzene rings is 1. The normalized spacial score (nSPS) is 11.1. The van der Waals surface area contributed by atoms with Gasteiger partial charge in [0.2, 0.25) is 5.95 Å². The zero-order valence-electron chi connectivity index (χ0n) is 10.1. The van der Waals surface area contributed by atoms with Crippen molar-refractivity contribution in [1.29, 1.82) is 0 Å². The van der Waals surface area contributed by atoms with Gasteiger partial charge < -0.3 is 5.73 Å². The minimum Gasteiger partial charge on any atom is -0.369 e. The Morgan fingerprint density at radius 1 is 1.32 bits per heavy atom. The maximum atomic E-state index is 6.00. The number of aryl methyl sites for hydroxylation is 1. The van der Waals surface area contributed by atoms with Crippen LogP contribution in [0.2, 0.25) is 5.02 Å². The van der Waals surface area contributed by atoms with Crippen molar-refractivity contribution < 1.29 is 0 Å². The minimum atomic E-state index is 0.399. The molecular formula is C13H10BrClN4. The molecule has 0 saturated carbocycles. The van der Waals surface area contributed by atoms with Crippen molar-refractivity contribution in [3.05, 3.63) is 45.5 Å². The third-order valence-corrected chi connectivity index (χ3v) is 3.68. The molecule has 0 fully saturated rings. The molecule has 3 aromatic rings. The number of rotatable bonds is 1. The lowest BCUT2D eigenvalue weighted by Gasteiger charge is -2.08. The molecule has 0 radical (unpaired) electrons. The van der Waals surface area contributed by atoms with E-state index in [1.165, 1.54) is 0 Å². The predicted octanol–water partition coefficient (Wildman–Crippen LogP) is 3.73. The molecule has 6 heteroatoms. The van der Waals surface area contributed by atoms with E-state index in [-0.39, 0.29) is 0 Å². The fourth-order valence-corrected chi connectivity index (χ4v) is 2.84. The third kappa shape index (κ3) is 2.09. The van der Waals surface area contributed by atoms with Gasteiger partial charge in [0.15, 0.2) is 5.65 Å². The predicted molar refractivity (Wildman–Crippen MR) is 80.7 cm³/mol. The lowest BCUT2D eigenvalue weighted by atomic mass is 10.3. The van der Waals surface area contributed by atoms with Crippen molar-refractivity contribution in [2.75, 3.05) is 5.73 Å². The highest BCUT2D eigenvalue weighted by atomic mass is 79.9. The number of halogens is 2. The molecule has 0 aliphatic heterocycles. The van der Waals surface area contributed by atoms with Crippen molar-refractivity contribution >= 4 is 44.6 Å². The highest BCUT2D eigenvalue weighted by Crippen LogP contribution is 2.29. The van der Waals surface area contributed by atoms with Gasteiger partial charge in [-0.15, -0.1) is 0 Å². The van der Waals surface area contributed by atoms with Crippen LogP contribution in [0.3, 0.4) is 0 Å². The van der Waals surface area contributed by atoms with E-state index in [4.69, 9.17) is 17.3 Å². The maximum Gasteiger partial charge on any atom is 0.207 e. The van der Waals surface area contributed by atoms with Crippen LogP contribution in [-0.2, 0) is 0 Å². The van der Waals surface area contributed by atoms with Crippen LogP contribution >= 0.6 is 27.5 Å². The number of anilines is 1. The van der Waals surface area contributed by atoms with E-state index in [1.54, 1.807) is 16.8 Å². The molecule has 2 N–H and O–H groups in total. The second-order valence-corrected chi connectivity index (χ2v) is 5.55. The Morgan fingerprint density at radius 2 is 2.11 bits per heavy atom. The van der Waals surface area contributed by atoms with Crippen molar-refractivity contribution in [3.8, 4) is 5.69 Å². The summed E-state index contributed by atoms with van der Waals surface area (Å²) in [5, 5.41) is 0.655. The molecule has 2 heterocycles. The van der Waals surface area contributed by atoms with E-state index in [2.05, 4.69) is 25.9 Å². The van der Waals surface area contributed by atoms with Crippen molar-refractivity contribution in [2.45, 2.75) is 6.92 Å². The number of fused-ring (bicyclic) bond motifs is 1. The Labute approximate surface area is 123 Å². The molecule has 1 aromatic carbocycles. The Hall–Kier alpha value is -1.59. The summed E-state index contributed by atoms with van der Waals surface area (Å²) in [6.07, 6.45) is 1.80. The first kappa shape index (κ1) is 12.4. The van der Waals surface area contributed by atoms with Crippen LogP contribution < -0.4 is 5.73 Å². The first-order chi connectivity index (χ1) is 9.06. The summed E-state index contributed by atoms with van der Waals surface area (Å²) < 4.78 is 2.64. The molecule has 0 aliphatic carbocycles. The van der Waals surface area contributed by atoms with E-state index in [0.29, 0.717) is 11.0 Å². The van der Waals surface area contributed by atoms with Gasteiger partial charge in [-0.3, -0.25) is 4.57 Å². The summed E-state index contributed by atoms with van der Waals surface area (Å²) in [6, 6.07) is 7.46. The number of nitrogens with two attached hydrogens (primary N) is 1. The monoisotopic (exact) mass is 336 g/mol. The summed E-state index contributed by atoms with van der Waals surface area (Å²) in [5.41, 5.74) is 9.42. The number of nitrogens with zero attached hydrogens (tertiary/aromatic N) is 3. The van der Waals surface area contributed by atoms with Crippen molar-refractivity contribution in [2.24, 2.45) is 0 Å². The third-order valence-electron chi connectivity index (χ3n) is 2.81. The quantitative estimate of drug-likeness (QED) is 0.736. The first-order valence-electron chi connectivity index (χ1n) is 5.62. The van der Waals surface area contributed by atoms with Crippen LogP contribution in [0.4, 0.5) is 5.95 Å². The summed E-state index contributed by atoms with van der Waals surface area (Å²) >= 11 is 9.44. The topological polar surface area (TPSA) is 56.7 Å². The number of hydrogen-bond acceptors (Lipinski definition) is 3. The Balaban J connectivity index is 2.33. The van der Waals surface area contributed by atoms with Crippen LogP contribution in [0, 0.1) is 6.92 Å². The molecule has 0 spiro atoms. The van der Waals surface area contributed by atoms with Crippen LogP contribution in [0.5, 0.6) is 0 Å². The Kier molecular flexibility index (Phi) is 2.95. The van der Waals surface area contributed by atoms with E-state index in [9.17, 15) is 0 Å². The van der Waals surface area contributed by atoms with Crippen LogP contribution in [0.15, 0.2) is 34.9 Å². The zero-order valence-corrected chi connectivity index (χ0v) is 12.4. The van der Waals surface area contributed by atoms with Gasteiger partial charge in [0, 0.05) is 15.7 Å². The second-order valence-electron chi connectivity index (χ2n) is 4.26. The summed E-state index contributed by atoms with van der Waals surface area (Å²) in [6.45, 7) is 1.97. The number of aromatic nitrogens is 3. The highest BCUT2D eigenvalue weighted by molar-refractivity contribution is 9.10. The Bertz CT molecular complexity index is 782. The minimum absolute atomic E-state index is 0.399. The smallest absolute Gasteiger partial charge is 0.207 e. The van der Waals surface area contributed by atoms with Crippen molar-refractivity contribution in [1.82, 2.24) is 14.5 Å². The molecule has 2 aromatic heterocycles. The van der Waals surface area contributed by atoms with Gasteiger partial charge in [-0.05, 0) is 52.7 Å². The maximum absolute atomic E-state index is 6.00. The summed E-state index contributed by atoms with van der Waals surface area (Å²) in [5.74, 6) is 0.399. The molecule has 0 bridgehead atoms. The molecule has 0 amide bonds. The number of pyridine rings is 1. The van der Waals surface area contributed by atoms with Gasteiger partial charge in [0.25, 0.3) is 0 Å². The first-order valence-corrected chi connectivity index (χ1v) is 6.79. The molecule has 0 aliphatic rings. The fourth-order valence-electron chi connectivity index (χ4n) is 1.98. The van der Waals surface area contributed by atoms with Crippen LogP contribution in [-0.4, -0.2) is 14.5 Å². The van der Waals surface area contributed by atoms with Gasteiger partial charge >= 0.3 is 0 Å². The molecule has 19 heavy (non-hydrogen) atoms. The number of nitrogen functional groups attached to an aromatic ring is 1. The fraction of sp³-hybridized carbons (Fsp3) is 0.0769. The molecule has 3 rings (SSSR count). The van der Waals surface area contributed by atoms with Gasteiger partial charge in [0.05, 0.1) is 5.69 Å². The molecule has 4 nitrogen and oxygen atoms in total. The Morgan fingerprint density at radius 3 is 2.84 bits per heavy atom. The largest absolute Gasteiger partial charge is 0.369 e. The average Bonchev–Trinajstić information content (AvgIpc) is 2.65. The second kappa shape index (κ2) is 4.51. The van der Waals surface area contributed by atoms with E-state index < -0.39 is 0 Å². The van der Waals surface area contributed by atoms with E-state index >= 15 is 0 Å². The van der Waals surface area contributed by atoms with Gasteiger partial charge in [0.1, 0.15) is 5.52 Å². The molecule has 0 unspecified atom stereocenters. The molecule has 96 valence electrons. The SMILES string of the molecule is Cc1cnc2c(c1)nc(N)n2-c1ccc(Cl)cc1Br. The average molecular weight is 338 g/mol. The summed E-state index contributed by atoms with van der Waals surface area (Å²) in [4.78, 5) is 8.75. The van der Waals surface area contributed by atoms with E-state index in [1.807, 2.05) is 25.1 Å². The zero-order chi connectivity index (χ0) is 13.6. The van der Waals surface area contributed by atoms with Gasteiger partial charge in [-0.1, -0.05) is 11.6 Å². The van der Waals surface area contributed by atoms with Gasteiger partial charge in [-0.25, -0.2) is 9.97 Å². The lowest BCUT2D eigenvalue weighted by Crippen LogP contribution is -2.02. The molecule has 0 saturated heterocycles. The van der Waals surface area contributed by atoms with E-state index in [0.717, 1.165) is 26.9 Å². The summed E-state index contributed by atoms with van der Waals surface area (Å²) in [7, 11) is 0. The lowest BCUT2D eigenvalue weighted by molar-refractivity contribution is 1.07. The van der Waals surface area contributed by atoms with Crippen molar-refractivity contribution in [3.63, 3.8) is 0 Å². The number of imidazole rings is 1. The highest BCUT2D eigenvalue weighted by Gasteiger charge is 2.13. The van der Waals surface area contributed by atoms with Crippen LogP contribution in [0.25, 0.3) is 16.9 Å². The number of hydrogen-bond donors (Lipinski definition) is 1.